The number of benzene rings is 1. The fourth-order valence-electron chi connectivity index (χ4n) is 9.47. The SMILES string of the molecule is CC(=O)OCC1(C)C=C2C(=O)[C@@H](C)C3(CC3)C(C)=C2C1OC(=O)N(C)CCN(C)C(=O)OCc1ccc(NC(=O)[C@H](CCCNC2(N)CO2)NC(=O)[C@@H](NC(=O)CCCCCN2C(=O)C=CC2=O)C(C)C)cc1. The van der Waals surface area contributed by atoms with Crippen LogP contribution in [0.1, 0.15) is 98.5 Å². The predicted octanol–water partition coefficient (Wildman–Crippen LogP) is 3.58. The highest BCUT2D eigenvalue weighted by Gasteiger charge is 2.60. The Bertz CT molecular complexity index is 2390. The van der Waals surface area contributed by atoms with Crippen LogP contribution in [0.5, 0.6) is 0 Å². The maximum absolute atomic E-state index is 13.7. The minimum atomic E-state index is -0.994. The van der Waals surface area contributed by atoms with Crippen molar-refractivity contribution in [2.45, 2.75) is 124 Å². The first-order chi connectivity index (χ1) is 34.5. The molecule has 0 radical (unpaired) electrons. The Kier molecular flexibility index (Phi) is 18.1. The summed E-state index contributed by atoms with van der Waals surface area (Å²) in [5.74, 6) is -4.00. The van der Waals surface area contributed by atoms with Crippen molar-refractivity contribution in [1.82, 2.24) is 30.7 Å². The van der Waals surface area contributed by atoms with Gasteiger partial charge in [0.25, 0.3) is 11.8 Å². The zero-order valence-electron chi connectivity index (χ0n) is 43.3. The summed E-state index contributed by atoms with van der Waals surface area (Å²) in [6.45, 7) is 11.6. The van der Waals surface area contributed by atoms with Crippen LogP contribution in [0.25, 0.3) is 0 Å². The van der Waals surface area contributed by atoms with Gasteiger partial charge in [-0.05, 0) is 82.5 Å². The molecule has 6 rings (SSSR count). The summed E-state index contributed by atoms with van der Waals surface area (Å²) in [6.07, 6.45) is 6.21. The average Bonchev–Trinajstić information content (AvgIpc) is 4.26. The molecule has 2 heterocycles. The Morgan fingerprint density at radius 2 is 1.53 bits per heavy atom. The van der Waals surface area contributed by atoms with Gasteiger partial charge < -0.3 is 44.7 Å². The lowest BCUT2D eigenvalue weighted by atomic mass is 9.70. The normalized spacial score (nSPS) is 23.1. The number of hydrogen-bond acceptors (Lipinski definition) is 15. The van der Waals surface area contributed by atoms with Crippen molar-refractivity contribution in [2.75, 3.05) is 58.8 Å². The number of carbonyl (C=O) groups excluding carboxylic acids is 9. The smallest absolute Gasteiger partial charge is 0.410 e. The van der Waals surface area contributed by atoms with Crippen LogP contribution in [-0.4, -0.2) is 146 Å². The molecular formula is C52H72N8O13. The second-order valence-corrected chi connectivity index (χ2v) is 20.5. The molecule has 2 aliphatic heterocycles. The van der Waals surface area contributed by atoms with E-state index >= 15 is 0 Å². The number of rotatable bonds is 25. The molecule has 3 unspecified atom stereocenters. The van der Waals surface area contributed by atoms with E-state index in [0.717, 1.165) is 23.3 Å². The molecule has 0 aromatic heterocycles. The molecule has 1 aromatic rings. The molecule has 1 saturated heterocycles. The van der Waals surface area contributed by atoms with Crippen molar-refractivity contribution in [1.29, 1.82) is 0 Å². The van der Waals surface area contributed by atoms with Crippen molar-refractivity contribution in [3.05, 3.63) is 64.8 Å². The largest absolute Gasteiger partial charge is 0.465 e. The molecule has 1 aromatic carbocycles. The van der Waals surface area contributed by atoms with Gasteiger partial charge in [0.05, 0.1) is 5.41 Å². The molecule has 0 bridgehead atoms. The predicted molar refractivity (Wildman–Crippen MR) is 265 cm³/mol. The molecule has 6 N–H and O–H groups in total. The maximum atomic E-state index is 13.7. The zero-order chi connectivity index (χ0) is 53.4. The summed E-state index contributed by atoms with van der Waals surface area (Å²) >= 11 is 0. The number of nitrogens with two attached hydrogens (primary N) is 1. The second kappa shape index (κ2) is 23.6. The third-order valence-electron chi connectivity index (χ3n) is 14.5. The minimum absolute atomic E-state index is 0.00441. The summed E-state index contributed by atoms with van der Waals surface area (Å²) in [4.78, 5) is 120. The number of epoxide rings is 1. The van der Waals surface area contributed by atoms with E-state index in [2.05, 4.69) is 21.3 Å². The molecule has 7 amide bonds. The number of amides is 7. The molecule has 5 aliphatic rings. The molecule has 398 valence electrons. The fourth-order valence-corrected chi connectivity index (χ4v) is 9.47. The number of imide groups is 1. The molecule has 1 saturated carbocycles. The summed E-state index contributed by atoms with van der Waals surface area (Å²) < 4.78 is 22.3. The third kappa shape index (κ3) is 14.0. The highest BCUT2D eigenvalue weighted by atomic mass is 16.6. The summed E-state index contributed by atoms with van der Waals surface area (Å²) in [7, 11) is 3.08. The van der Waals surface area contributed by atoms with E-state index in [0.29, 0.717) is 61.2 Å². The highest BCUT2D eigenvalue weighted by Crippen LogP contribution is 2.64. The Hall–Kier alpha value is -6.45. The lowest BCUT2D eigenvalue weighted by molar-refractivity contribution is -0.145. The average molecular weight is 1020 g/mol. The number of hydrogen-bond donors (Lipinski definition) is 5. The van der Waals surface area contributed by atoms with Gasteiger partial charge in [-0.3, -0.25) is 49.5 Å². The van der Waals surface area contributed by atoms with Gasteiger partial charge in [-0.15, -0.1) is 0 Å². The van der Waals surface area contributed by atoms with Gasteiger partial charge in [-0.1, -0.05) is 51.0 Å². The lowest BCUT2D eigenvalue weighted by Crippen LogP contribution is -2.54. The van der Waals surface area contributed by atoms with Crippen LogP contribution in [0.2, 0.25) is 0 Å². The number of anilines is 1. The van der Waals surface area contributed by atoms with E-state index in [1.807, 2.05) is 13.8 Å². The number of allylic oxidation sites excluding steroid dienone is 1. The minimum Gasteiger partial charge on any atom is -0.465 e. The number of esters is 1. The fraction of sp³-hybridized carbons (Fsp3) is 0.596. The first-order valence-electron chi connectivity index (χ1n) is 25.1. The van der Waals surface area contributed by atoms with Gasteiger partial charge >= 0.3 is 18.2 Å². The van der Waals surface area contributed by atoms with E-state index in [1.54, 1.807) is 58.2 Å². The third-order valence-corrected chi connectivity index (χ3v) is 14.5. The summed E-state index contributed by atoms with van der Waals surface area (Å²) in [6, 6.07) is 4.69. The number of likely N-dealkylation sites (N-methyl/N-ethyl adjacent to an activating group) is 2. The number of carbonyl (C=O) groups is 9. The quantitative estimate of drug-likeness (QED) is 0.0234. The van der Waals surface area contributed by atoms with Crippen LogP contribution in [-0.2, 0) is 59.1 Å². The Labute approximate surface area is 426 Å². The number of ether oxygens (including phenoxy) is 4. The second-order valence-electron chi connectivity index (χ2n) is 20.5. The van der Waals surface area contributed by atoms with Gasteiger partial charge in [0.1, 0.15) is 38.0 Å². The van der Waals surface area contributed by atoms with Gasteiger partial charge in [0, 0.05) is 87.4 Å². The van der Waals surface area contributed by atoms with Crippen LogP contribution in [0.3, 0.4) is 0 Å². The van der Waals surface area contributed by atoms with Crippen LogP contribution >= 0.6 is 0 Å². The summed E-state index contributed by atoms with van der Waals surface area (Å²) in [5.41, 5.74) is 7.99. The Balaban J connectivity index is 0.967. The monoisotopic (exact) mass is 1020 g/mol. The number of nitrogens with one attached hydrogen (secondary N) is 4. The molecule has 21 heteroatoms. The van der Waals surface area contributed by atoms with Gasteiger partial charge in [0.2, 0.25) is 17.7 Å². The maximum Gasteiger partial charge on any atom is 0.410 e. The van der Waals surface area contributed by atoms with E-state index in [9.17, 15) is 43.2 Å². The molecular weight excluding hydrogens is 945 g/mol. The van der Waals surface area contributed by atoms with Crippen molar-refractivity contribution in [2.24, 2.45) is 28.4 Å². The number of fused-ring (bicyclic) bond motifs is 1. The highest BCUT2D eigenvalue weighted by molar-refractivity contribution is 6.12. The summed E-state index contributed by atoms with van der Waals surface area (Å²) in [5, 5.41) is 11.5. The number of Topliss-reactive ketones (excluding diaryl/α,β-unsaturated/α-hetero) is 1. The van der Waals surface area contributed by atoms with Crippen LogP contribution < -0.4 is 27.0 Å². The molecule has 2 fully saturated rings. The van der Waals surface area contributed by atoms with Crippen molar-refractivity contribution >= 4 is 59.2 Å². The van der Waals surface area contributed by atoms with Gasteiger partial charge in [0.15, 0.2) is 11.6 Å². The molecule has 73 heavy (non-hydrogen) atoms. The van der Waals surface area contributed by atoms with E-state index in [1.165, 1.54) is 35.9 Å². The Morgan fingerprint density at radius 3 is 2.14 bits per heavy atom. The van der Waals surface area contributed by atoms with E-state index in [-0.39, 0.29) is 86.4 Å². The molecule has 3 aliphatic carbocycles. The number of nitrogens with zero attached hydrogens (tertiary/aromatic N) is 3. The topological polar surface area (TPSA) is 278 Å². The first kappa shape index (κ1) is 55.9. The molecule has 21 nitrogen and oxygen atoms in total. The van der Waals surface area contributed by atoms with Crippen molar-refractivity contribution in [3.63, 3.8) is 0 Å². The number of unbranched alkanes of at least 4 members (excludes halogenated alkanes) is 2. The van der Waals surface area contributed by atoms with Gasteiger partial charge in [-0.25, -0.2) is 9.59 Å². The zero-order valence-corrected chi connectivity index (χ0v) is 43.3. The number of ketones is 1. The Morgan fingerprint density at radius 1 is 0.890 bits per heavy atom. The molecule has 1 spiro atoms. The van der Waals surface area contributed by atoms with Crippen molar-refractivity contribution in [3.8, 4) is 0 Å². The van der Waals surface area contributed by atoms with E-state index < -0.39 is 59.4 Å². The molecule has 6 atom stereocenters. The van der Waals surface area contributed by atoms with Crippen LogP contribution in [0, 0.1) is 22.7 Å². The van der Waals surface area contributed by atoms with Crippen molar-refractivity contribution < 1.29 is 62.1 Å². The van der Waals surface area contributed by atoms with E-state index in [4.69, 9.17) is 24.7 Å². The van der Waals surface area contributed by atoms with Gasteiger partial charge in [-0.2, -0.15) is 0 Å². The standard InChI is InChI=1S/C52H72N8O13/c1-31(2)43(57-39(62)14-10-9-11-24-60-40(63)19-20-41(60)64)47(67)56-38(13-12-23-54-52(53)30-72-52)46(66)55-36-17-15-35(16-18-36)28-70-48(68)58(7)25-26-59(8)49(69)73-45-42-32(3)51(21-22-51)33(4)44(65)37(42)27-50(45,6)29-71-34(5)61/h15-20,27,31,33,38,43,45,54H,9-14,21-26,28-30,53H2,1-8H3,(H,55,66)(H,56,67)(H,57,62)/t33-,38+,43+,45?,50?,52?/m1/s1. The first-order valence-corrected chi connectivity index (χ1v) is 25.1. The van der Waals surface area contributed by atoms with Crippen LogP contribution in [0.15, 0.2) is 59.2 Å². The lowest BCUT2D eigenvalue weighted by Gasteiger charge is -2.36. The van der Waals surface area contributed by atoms with Crippen LogP contribution in [0.4, 0.5) is 15.3 Å².